The first-order valence-corrected chi connectivity index (χ1v) is 11.5. The Labute approximate surface area is 193 Å². The first kappa shape index (κ1) is 24.3. The van der Waals surface area contributed by atoms with E-state index in [0.29, 0.717) is 18.5 Å². The van der Waals surface area contributed by atoms with Gasteiger partial charge in [0.15, 0.2) is 11.5 Å². The highest BCUT2D eigenvalue weighted by molar-refractivity contribution is 5.81. The predicted molar refractivity (Wildman–Crippen MR) is 132 cm³/mol. The second kappa shape index (κ2) is 11.0. The molecule has 2 aliphatic heterocycles. The molecule has 0 bridgehead atoms. The van der Waals surface area contributed by atoms with Gasteiger partial charge in [0.2, 0.25) is 0 Å². The molecule has 2 aliphatic rings. The molecule has 7 nitrogen and oxygen atoms in total. The standard InChI is InChI=1S/C24H26N4O3.C2H6/c1-4-8-17-13-19-20(11-15(17)2)28(22-21(25-19)23(29)27-24(30)26-22)14-18(31-3)12-16-9-6-5-7-10-16;1-2/h5-7,9-11,13,18H,4,8,12,14H2,1-3H3,(H,27,29,30);1-2H3. The van der Waals surface area contributed by atoms with Crippen molar-refractivity contribution in [2.45, 2.75) is 59.6 Å². The molecular formula is C26H32N4O3. The summed E-state index contributed by atoms with van der Waals surface area (Å²) in [5.41, 5.74) is 3.99. The van der Waals surface area contributed by atoms with E-state index in [0.717, 1.165) is 29.5 Å². The van der Waals surface area contributed by atoms with Crippen LogP contribution in [0.4, 0.5) is 0 Å². The number of aromatic nitrogens is 4. The molecule has 2 heterocycles. The zero-order valence-corrected chi connectivity index (χ0v) is 20.0. The van der Waals surface area contributed by atoms with Crippen molar-refractivity contribution in [2.75, 3.05) is 7.11 Å². The molecule has 0 saturated heterocycles. The van der Waals surface area contributed by atoms with Crippen molar-refractivity contribution >= 4 is 11.0 Å². The average Bonchev–Trinajstić information content (AvgIpc) is 2.82. The molecule has 0 spiro atoms. The van der Waals surface area contributed by atoms with Gasteiger partial charge >= 0.3 is 5.69 Å². The molecule has 0 saturated carbocycles. The van der Waals surface area contributed by atoms with Crippen LogP contribution in [0.1, 0.15) is 43.9 Å². The first-order chi connectivity index (χ1) is 16.0. The van der Waals surface area contributed by atoms with Gasteiger partial charge in [0.1, 0.15) is 0 Å². The van der Waals surface area contributed by atoms with E-state index in [1.807, 2.05) is 42.7 Å². The van der Waals surface area contributed by atoms with E-state index in [1.165, 1.54) is 5.56 Å². The summed E-state index contributed by atoms with van der Waals surface area (Å²) in [6.07, 6.45) is 2.47. The summed E-state index contributed by atoms with van der Waals surface area (Å²) >= 11 is 0. The van der Waals surface area contributed by atoms with Gasteiger partial charge < -0.3 is 9.30 Å². The zero-order valence-electron chi connectivity index (χ0n) is 20.0. The van der Waals surface area contributed by atoms with Crippen LogP contribution >= 0.6 is 0 Å². The molecule has 7 heteroatoms. The lowest BCUT2D eigenvalue weighted by Gasteiger charge is -2.22. The van der Waals surface area contributed by atoms with Gasteiger partial charge in [-0.3, -0.25) is 9.78 Å². The molecule has 174 valence electrons. The van der Waals surface area contributed by atoms with Crippen molar-refractivity contribution in [1.29, 1.82) is 0 Å². The molecule has 2 aromatic rings. The summed E-state index contributed by atoms with van der Waals surface area (Å²) in [6.45, 7) is 8.64. The van der Waals surface area contributed by atoms with E-state index in [9.17, 15) is 9.59 Å². The molecule has 0 radical (unpaired) electrons. The highest BCUT2D eigenvalue weighted by Gasteiger charge is 2.22. The van der Waals surface area contributed by atoms with Crippen molar-refractivity contribution in [3.8, 4) is 11.5 Å². The number of ether oxygens (including phenoxy) is 1. The Hall–Kier alpha value is -3.32. The van der Waals surface area contributed by atoms with Crippen LogP contribution in [-0.4, -0.2) is 32.7 Å². The fourth-order valence-corrected chi connectivity index (χ4v) is 4.02. The van der Waals surface area contributed by atoms with E-state index in [2.05, 4.69) is 47.0 Å². The Morgan fingerprint density at radius 1 is 1.09 bits per heavy atom. The van der Waals surface area contributed by atoms with Crippen LogP contribution in [0.3, 0.4) is 0 Å². The van der Waals surface area contributed by atoms with Crippen LogP contribution in [0.5, 0.6) is 0 Å². The molecule has 0 aliphatic carbocycles. The number of aryl methyl sites for hydroxylation is 2. The van der Waals surface area contributed by atoms with Gasteiger partial charge in [-0.05, 0) is 42.2 Å². The van der Waals surface area contributed by atoms with Crippen molar-refractivity contribution < 1.29 is 4.74 Å². The quantitative estimate of drug-likeness (QED) is 0.429. The molecule has 4 rings (SSSR count). The summed E-state index contributed by atoms with van der Waals surface area (Å²) in [6, 6.07) is 14.2. The SMILES string of the molecule is CC.CCCc1cc2nc3c(=O)[nH]c(=O)nc-3n(CC(Cc3ccccc3)OC)c2cc1C. The third kappa shape index (κ3) is 5.37. The molecule has 1 unspecified atom stereocenters. The van der Waals surface area contributed by atoms with Gasteiger partial charge in [0.25, 0.3) is 5.56 Å². The fraction of sp³-hybridized carbons (Fsp3) is 0.385. The minimum absolute atomic E-state index is 0.160. The Kier molecular flexibility index (Phi) is 8.11. The lowest BCUT2D eigenvalue weighted by atomic mass is 10.0. The van der Waals surface area contributed by atoms with Crippen LogP contribution in [-0.2, 0) is 24.1 Å². The zero-order chi connectivity index (χ0) is 24.0. The third-order valence-electron chi connectivity index (χ3n) is 5.61. The smallest absolute Gasteiger partial charge is 0.349 e. The number of hydrogen-bond acceptors (Lipinski definition) is 5. The molecule has 0 amide bonds. The van der Waals surface area contributed by atoms with E-state index >= 15 is 0 Å². The van der Waals surface area contributed by atoms with Crippen LogP contribution in [0.25, 0.3) is 22.6 Å². The number of nitrogens with zero attached hydrogens (tertiary/aromatic N) is 3. The van der Waals surface area contributed by atoms with Gasteiger partial charge in [-0.2, -0.15) is 4.98 Å². The van der Waals surface area contributed by atoms with Gasteiger partial charge in [-0.1, -0.05) is 57.5 Å². The summed E-state index contributed by atoms with van der Waals surface area (Å²) < 4.78 is 7.67. The van der Waals surface area contributed by atoms with Crippen molar-refractivity contribution in [3.05, 3.63) is 80.0 Å². The molecular weight excluding hydrogens is 416 g/mol. The number of H-pyrrole nitrogens is 1. The highest BCUT2D eigenvalue weighted by atomic mass is 16.5. The second-order valence-electron chi connectivity index (χ2n) is 7.83. The fourth-order valence-electron chi connectivity index (χ4n) is 4.02. The van der Waals surface area contributed by atoms with Gasteiger partial charge in [-0.15, -0.1) is 0 Å². The number of fused-ring (bicyclic) bond motifs is 2. The van der Waals surface area contributed by atoms with Crippen LogP contribution in [0.15, 0.2) is 52.1 Å². The van der Waals surface area contributed by atoms with Crippen molar-refractivity contribution in [3.63, 3.8) is 0 Å². The number of benzene rings is 2. The van der Waals surface area contributed by atoms with Gasteiger partial charge in [0.05, 0.1) is 23.7 Å². The Balaban J connectivity index is 0.00000149. The Morgan fingerprint density at radius 2 is 1.82 bits per heavy atom. The van der Waals surface area contributed by atoms with E-state index < -0.39 is 11.2 Å². The number of methoxy groups -OCH3 is 1. The monoisotopic (exact) mass is 448 g/mol. The molecule has 33 heavy (non-hydrogen) atoms. The van der Waals surface area contributed by atoms with Gasteiger partial charge in [-0.25, -0.2) is 9.78 Å². The molecule has 2 aromatic carbocycles. The highest BCUT2D eigenvalue weighted by Crippen LogP contribution is 2.25. The van der Waals surface area contributed by atoms with Crippen molar-refractivity contribution in [2.24, 2.45) is 0 Å². The van der Waals surface area contributed by atoms with Crippen molar-refractivity contribution in [1.82, 2.24) is 19.5 Å². The Morgan fingerprint density at radius 3 is 2.48 bits per heavy atom. The topological polar surface area (TPSA) is 89.9 Å². The molecule has 1 N–H and O–H groups in total. The maximum atomic E-state index is 12.5. The van der Waals surface area contributed by atoms with Gasteiger partial charge in [0, 0.05) is 13.5 Å². The van der Waals surface area contributed by atoms with E-state index in [4.69, 9.17) is 4.74 Å². The van der Waals surface area contributed by atoms with Crippen LogP contribution in [0, 0.1) is 6.92 Å². The minimum atomic E-state index is -0.677. The van der Waals surface area contributed by atoms with E-state index in [-0.39, 0.29) is 17.6 Å². The van der Waals surface area contributed by atoms with Crippen LogP contribution < -0.4 is 11.2 Å². The normalized spacial score (nSPS) is 11.9. The summed E-state index contributed by atoms with van der Waals surface area (Å²) in [5.74, 6) is 0.277. The third-order valence-corrected chi connectivity index (χ3v) is 5.61. The second-order valence-corrected chi connectivity index (χ2v) is 7.83. The molecule has 1 atom stereocenters. The van der Waals surface area contributed by atoms with Crippen LogP contribution in [0.2, 0.25) is 0 Å². The summed E-state index contributed by atoms with van der Waals surface area (Å²) in [5, 5.41) is 0. The maximum Gasteiger partial charge on any atom is 0.349 e. The number of nitrogens with one attached hydrogen (secondary N) is 1. The first-order valence-electron chi connectivity index (χ1n) is 11.5. The number of aromatic amines is 1. The lowest BCUT2D eigenvalue weighted by molar-refractivity contribution is 0.0890. The predicted octanol–water partition coefficient (Wildman–Crippen LogP) is 4.13. The number of hydrogen-bond donors (Lipinski definition) is 1. The minimum Gasteiger partial charge on any atom is -0.379 e. The summed E-state index contributed by atoms with van der Waals surface area (Å²) in [7, 11) is 1.67. The average molecular weight is 449 g/mol. The lowest BCUT2D eigenvalue weighted by Crippen LogP contribution is -2.31. The largest absolute Gasteiger partial charge is 0.379 e. The van der Waals surface area contributed by atoms with E-state index in [1.54, 1.807) is 7.11 Å². The molecule has 0 aromatic heterocycles. The summed E-state index contributed by atoms with van der Waals surface area (Å²) in [4.78, 5) is 35.4. The number of rotatable bonds is 7. The maximum absolute atomic E-state index is 12.5. The molecule has 0 fully saturated rings. The Bertz CT molecular complexity index is 1290.